The number of nitrogens with zero attached hydrogens (tertiary/aromatic N) is 1. The first-order valence-corrected chi connectivity index (χ1v) is 7.43. The second-order valence-corrected chi connectivity index (χ2v) is 6.01. The first kappa shape index (κ1) is 13.4. The van der Waals surface area contributed by atoms with Gasteiger partial charge in [0.05, 0.1) is 11.3 Å². The van der Waals surface area contributed by atoms with E-state index in [9.17, 15) is 14.3 Å². The molecule has 0 radical (unpaired) electrons. The van der Waals surface area contributed by atoms with E-state index in [1.54, 1.807) is 6.07 Å². The van der Waals surface area contributed by atoms with Gasteiger partial charge in [-0.05, 0) is 42.9 Å². The molecular weight excluding hydrogens is 257 g/mol. The molecule has 0 aromatic heterocycles. The third-order valence-electron chi connectivity index (χ3n) is 4.82. The van der Waals surface area contributed by atoms with Gasteiger partial charge in [0, 0.05) is 13.1 Å². The molecule has 0 bridgehead atoms. The Morgan fingerprint density at radius 1 is 1.20 bits per heavy atom. The van der Waals surface area contributed by atoms with E-state index in [-0.39, 0.29) is 5.56 Å². The Kier molecular flexibility index (Phi) is 3.64. The molecule has 2 fully saturated rings. The lowest BCUT2D eigenvalue weighted by atomic mass is 9.75. The van der Waals surface area contributed by atoms with Crippen molar-refractivity contribution < 1.29 is 14.3 Å². The summed E-state index contributed by atoms with van der Waals surface area (Å²) >= 11 is 0. The van der Waals surface area contributed by atoms with Gasteiger partial charge in [0.15, 0.2) is 0 Å². The fraction of sp³-hybridized carbons (Fsp3) is 0.562. The molecule has 2 unspecified atom stereocenters. The van der Waals surface area contributed by atoms with Crippen LogP contribution >= 0.6 is 0 Å². The van der Waals surface area contributed by atoms with E-state index in [1.165, 1.54) is 31.7 Å². The number of carboxylic acids is 1. The van der Waals surface area contributed by atoms with Gasteiger partial charge < -0.3 is 10.0 Å². The molecule has 1 aromatic carbocycles. The van der Waals surface area contributed by atoms with Gasteiger partial charge in [-0.3, -0.25) is 0 Å². The molecule has 4 heteroatoms. The zero-order chi connectivity index (χ0) is 14.1. The van der Waals surface area contributed by atoms with Crippen molar-refractivity contribution in [3.63, 3.8) is 0 Å². The molecule has 1 aliphatic heterocycles. The molecule has 0 amide bonds. The highest BCUT2D eigenvalue weighted by Gasteiger charge is 2.32. The maximum absolute atomic E-state index is 13.3. The monoisotopic (exact) mass is 277 g/mol. The zero-order valence-corrected chi connectivity index (χ0v) is 11.5. The van der Waals surface area contributed by atoms with Crippen molar-refractivity contribution in [2.75, 3.05) is 18.0 Å². The summed E-state index contributed by atoms with van der Waals surface area (Å²) in [5.41, 5.74) is 0.752. The number of anilines is 1. The summed E-state index contributed by atoms with van der Waals surface area (Å²) in [5.74, 6) is -0.0677. The van der Waals surface area contributed by atoms with E-state index in [1.807, 2.05) is 0 Å². The first-order valence-electron chi connectivity index (χ1n) is 7.43. The van der Waals surface area contributed by atoms with Crippen molar-refractivity contribution in [3.8, 4) is 0 Å². The van der Waals surface area contributed by atoms with Gasteiger partial charge in [0.25, 0.3) is 0 Å². The Morgan fingerprint density at radius 2 is 1.95 bits per heavy atom. The predicted molar refractivity (Wildman–Crippen MR) is 75.6 cm³/mol. The largest absolute Gasteiger partial charge is 0.478 e. The number of benzene rings is 1. The standard InChI is InChI=1S/C16H20FNO2/c17-13-5-6-15(14(9-13)16(19)20)18-8-7-11-3-1-2-4-12(11)10-18/h5-6,9,11-12H,1-4,7-8,10H2,(H,19,20). The van der Waals surface area contributed by atoms with Crippen molar-refractivity contribution in [2.24, 2.45) is 11.8 Å². The van der Waals surface area contributed by atoms with Crippen LogP contribution in [0.3, 0.4) is 0 Å². The highest BCUT2D eigenvalue weighted by atomic mass is 19.1. The van der Waals surface area contributed by atoms with Crippen molar-refractivity contribution in [2.45, 2.75) is 32.1 Å². The number of hydrogen-bond donors (Lipinski definition) is 1. The predicted octanol–water partition coefficient (Wildman–Crippen LogP) is 3.54. The topological polar surface area (TPSA) is 40.5 Å². The minimum absolute atomic E-state index is 0.0826. The van der Waals surface area contributed by atoms with Gasteiger partial charge in [-0.25, -0.2) is 9.18 Å². The number of carbonyl (C=O) groups is 1. The number of carboxylic acid groups (broad SMARTS) is 1. The number of aromatic carboxylic acids is 1. The molecule has 2 aliphatic rings. The van der Waals surface area contributed by atoms with E-state index >= 15 is 0 Å². The van der Waals surface area contributed by atoms with Crippen LogP contribution in [0, 0.1) is 17.7 Å². The normalized spacial score (nSPS) is 26.1. The average Bonchev–Trinajstić information content (AvgIpc) is 2.46. The Labute approximate surface area is 118 Å². The van der Waals surface area contributed by atoms with Crippen LogP contribution in [-0.4, -0.2) is 24.2 Å². The van der Waals surface area contributed by atoms with Gasteiger partial charge in [-0.15, -0.1) is 0 Å². The molecular formula is C16H20FNO2. The number of rotatable bonds is 2. The van der Waals surface area contributed by atoms with E-state index in [0.717, 1.165) is 31.5 Å². The highest BCUT2D eigenvalue weighted by molar-refractivity contribution is 5.94. The summed E-state index contributed by atoms with van der Waals surface area (Å²) in [6.07, 6.45) is 6.29. The second-order valence-electron chi connectivity index (χ2n) is 6.01. The third kappa shape index (κ3) is 2.51. The van der Waals surface area contributed by atoms with E-state index in [0.29, 0.717) is 11.6 Å². The maximum Gasteiger partial charge on any atom is 0.337 e. The quantitative estimate of drug-likeness (QED) is 0.899. The lowest BCUT2D eigenvalue weighted by molar-refractivity contribution is 0.0696. The average molecular weight is 277 g/mol. The number of fused-ring (bicyclic) bond motifs is 1. The maximum atomic E-state index is 13.3. The van der Waals surface area contributed by atoms with Crippen LogP contribution < -0.4 is 4.90 Å². The van der Waals surface area contributed by atoms with Crippen LogP contribution in [0.4, 0.5) is 10.1 Å². The molecule has 1 N–H and O–H groups in total. The lowest BCUT2D eigenvalue weighted by Gasteiger charge is -2.42. The Bertz CT molecular complexity index is 517. The summed E-state index contributed by atoms with van der Waals surface area (Å²) in [6.45, 7) is 1.80. The fourth-order valence-electron chi connectivity index (χ4n) is 3.77. The van der Waals surface area contributed by atoms with Crippen LogP contribution in [0.1, 0.15) is 42.5 Å². The summed E-state index contributed by atoms with van der Waals surface area (Å²) in [7, 11) is 0. The van der Waals surface area contributed by atoms with Gasteiger partial charge >= 0.3 is 5.97 Å². The molecule has 108 valence electrons. The molecule has 1 aromatic rings. The molecule has 1 saturated heterocycles. The SMILES string of the molecule is O=C(O)c1cc(F)ccc1N1CCC2CCCCC2C1. The number of halogens is 1. The number of piperidine rings is 1. The van der Waals surface area contributed by atoms with Crippen LogP contribution in [0.15, 0.2) is 18.2 Å². The summed E-state index contributed by atoms with van der Waals surface area (Å²) < 4.78 is 13.3. The minimum atomic E-state index is -1.05. The second kappa shape index (κ2) is 5.43. The molecule has 0 spiro atoms. The lowest BCUT2D eigenvalue weighted by Crippen LogP contribution is -2.42. The third-order valence-corrected chi connectivity index (χ3v) is 4.82. The van der Waals surface area contributed by atoms with Crippen LogP contribution in [-0.2, 0) is 0 Å². The summed E-state index contributed by atoms with van der Waals surface area (Å²) in [5, 5.41) is 9.26. The van der Waals surface area contributed by atoms with Crippen molar-refractivity contribution >= 4 is 11.7 Å². The Balaban J connectivity index is 1.84. The van der Waals surface area contributed by atoms with Crippen molar-refractivity contribution in [3.05, 3.63) is 29.6 Å². The van der Waals surface area contributed by atoms with Crippen molar-refractivity contribution in [1.82, 2.24) is 0 Å². The number of hydrogen-bond acceptors (Lipinski definition) is 2. The van der Waals surface area contributed by atoms with Gasteiger partial charge in [-0.1, -0.05) is 19.3 Å². The van der Waals surface area contributed by atoms with Crippen molar-refractivity contribution in [1.29, 1.82) is 0 Å². The van der Waals surface area contributed by atoms with Crippen LogP contribution in [0.25, 0.3) is 0 Å². The highest BCUT2D eigenvalue weighted by Crippen LogP contribution is 2.38. The smallest absolute Gasteiger partial charge is 0.337 e. The fourth-order valence-corrected chi connectivity index (χ4v) is 3.77. The molecule has 1 saturated carbocycles. The zero-order valence-electron chi connectivity index (χ0n) is 11.5. The molecule has 20 heavy (non-hydrogen) atoms. The van der Waals surface area contributed by atoms with E-state index in [4.69, 9.17) is 0 Å². The summed E-state index contributed by atoms with van der Waals surface area (Å²) in [4.78, 5) is 13.4. The van der Waals surface area contributed by atoms with Crippen LogP contribution in [0.5, 0.6) is 0 Å². The molecule has 3 rings (SSSR count). The van der Waals surface area contributed by atoms with E-state index in [2.05, 4.69) is 4.90 Å². The first-order chi connectivity index (χ1) is 9.65. The minimum Gasteiger partial charge on any atom is -0.478 e. The molecule has 1 aliphatic carbocycles. The summed E-state index contributed by atoms with van der Waals surface area (Å²) in [6, 6.07) is 4.10. The van der Waals surface area contributed by atoms with Gasteiger partial charge in [0.1, 0.15) is 5.82 Å². The molecule has 3 nitrogen and oxygen atoms in total. The Hall–Kier alpha value is -1.58. The van der Waals surface area contributed by atoms with Gasteiger partial charge in [-0.2, -0.15) is 0 Å². The molecule has 1 heterocycles. The van der Waals surface area contributed by atoms with Gasteiger partial charge in [0.2, 0.25) is 0 Å². The Morgan fingerprint density at radius 3 is 2.70 bits per heavy atom. The van der Waals surface area contributed by atoms with Crippen LogP contribution in [0.2, 0.25) is 0 Å². The molecule has 2 atom stereocenters. The van der Waals surface area contributed by atoms with E-state index < -0.39 is 11.8 Å².